The van der Waals surface area contributed by atoms with Crippen molar-refractivity contribution < 1.29 is 4.79 Å². The van der Waals surface area contributed by atoms with Crippen molar-refractivity contribution in [3.8, 4) is 0 Å². The fourth-order valence-electron chi connectivity index (χ4n) is 2.34. The normalized spacial score (nSPS) is 29.8. The van der Waals surface area contributed by atoms with Crippen LogP contribution in [0.1, 0.15) is 47.0 Å². The molecule has 0 heterocycles. The zero-order chi connectivity index (χ0) is 13.2. The average Bonchev–Trinajstić information content (AvgIpc) is 2.21. The van der Waals surface area contributed by atoms with Crippen molar-refractivity contribution in [3.63, 3.8) is 0 Å². The molecule has 1 fully saturated rings. The second-order valence-electron chi connectivity index (χ2n) is 5.96. The molecule has 3 atom stereocenters. The summed E-state index contributed by atoms with van der Waals surface area (Å²) in [6.07, 6.45) is 3.42. The van der Waals surface area contributed by atoms with Crippen molar-refractivity contribution in [2.75, 3.05) is 0 Å². The molecule has 17 heavy (non-hydrogen) atoms. The molecule has 1 saturated carbocycles. The fourth-order valence-corrected chi connectivity index (χ4v) is 2.43. The Kier molecular flexibility index (Phi) is 4.53. The van der Waals surface area contributed by atoms with Crippen molar-refractivity contribution >= 4 is 23.1 Å². The highest BCUT2D eigenvalue weighted by atomic mass is 32.1. The van der Waals surface area contributed by atoms with E-state index >= 15 is 0 Å². The molecule has 0 saturated heterocycles. The molecule has 0 aromatic carbocycles. The standard InChI is InChI=1S/C13H24N2OS/c1-8-5-6-10(9(2)7-8)15-12(16)13(3,4)11(14)17/h8-10H,5-7H2,1-4H3,(H2,14,17)(H,15,16). The Bertz CT molecular complexity index is 315. The number of carbonyl (C=O) groups excluding carboxylic acids is 1. The van der Waals surface area contributed by atoms with Gasteiger partial charge in [-0.1, -0.05) is 26.1 Å². The maximum atomic E-state index is 12.1. The van der Waals surface area contributed by atoms with Gasteiger partial charge in [0.15, 0.2) is 0 Å². The molecule has 1 aliphatic rings. The molecule has 1 rings (SSSR count). The van der Waals surface area contributed by atoms with Gasteiger partial charge in [-0.2, -0.15) is 0 Å². The monoisotopic (exact) mass is 256 g/mol. The molecule has 0 aliphatic heterocycles. The van der Waals surface area contributed by atoms with Crippen molar-refractivity contribution in [1.82, 2.24) is 5.32 Å². The van der Waals surface area contributed by atoms with Crippen molar-refractivity contribution in [2.24, 2.45) is 23.0 Å². The first-order valence-corrected chi connectivity index (χ1v) is 6.76. The van der Waals surface area contributed by atoms with Crippen LogP contribution < -0.4 is 11.1 Å². The molecule has 4 heteroatoms. The number of carbonyl (C=O) groups is 1. The lowest BCUT2D eigenvalue weighted by Crippen LogP contribution is -2.51. The average molecular weight is 256 g/mol. The topological polar surface area (TPSA) is 55.1 Å². The van der Waals surface area contributed by atoms with E-state index in [1.807, 2.05) is 0 Å². The predicted octanol–water partition coefficient (Wildman–Crippen LogP) is 2.24. The maximum absolute atomic E-state index is 12.1. The number of hydrogen-bond acceptors (Lipinski definition) is 2. The molecule has 1 aliphatic carbocycles. The molecule has 0 aromatic heterocycles. The van der Waals surface area contributed by atoms with E-state index < -0.39 is 5.41 Å². The molecule has 3 unspecified atom stereocenters. The zero-order valence-corrected chi connectivity index (χ0v) is 12.1. The van der Waals surface area contributed by atoms with Gasteiger partial charge in [0, 0.05) is 6.04 Å². The summed E-state index contributed by atoms with van der Waals surface area (Å²) in [5, 5.41) is 3.10. The Morgan fingerprint density at radius 1 is 1.35 bits per heavy atom. The Labute approximate surface area is 110 Å². The van der Waals surface area contributed by atoms with E-state index in [1.54, 1.807) is 13.8 Å². The van der Waals surface area contributed by atoms with Crippen LogP contribution in [0.2, 0.25) is 0 Å². The fraction of sp³-hybridized carbons (Fsp3) is 0.846. The van der Waals surface area contributed by atoms with Gasteiger partial charge in [0.25, 0.3) is 0 Å². The minimum atomic E-state index is -0.752. The first kappa shape index (κ1) is 14.4. The van der Waals surface area contributed by atoms with Gasteiger partial charge in [0.2, 0.25) is 5.91 Å². The van der Waals surface area contributed by atoms with Crippen molar-refractivity contribution in [3.05, 3.63) is 0 Å². The van der Waals surface area contributed by atoms with Gasteiger partial charge in [-0.05, 0) is 44.9 Å². The lowest BCUT2D eigenvalue weighted by atomic mass is 9.79. The lowest BCUT2D eigenvalue weighted by Gasteiger charge is -2.35. The molecule has 0 aromatic rings. The molecule has 0 radical (unpaired) electrons. The highest BCUT2D eigenvalue weighted by molar-refractivity contribution is 7.80. The third-order valence-electron chi connectivity index (χ3n) is 3.93. The van der Waals surface area contributed by atoms with Crippen molar-refractivity contribution in [2.45, 2.75) is 53.0 Å². The summed E-state index contributed by atoms with van der Waals surface area (Å²) in [5.41, 5.74) is 4.85. The summed E-state index contributed by atoms with van der Waals surface area (Å²) in [7, 11) is 0. The SMILES string of the molecule is CC1CCC(NC(=O)C(C)(C)C(N)=S)C(C)C1. The third-order valence-corrected chi connectivity index (χ3v) is 4.44. The van der Waals surface area contributed by atoms with E-state index in [9.17, 15) is 4.79 Å². The number of thiocarbonyl (C=S) groups is 1. The van der Waals surface area contributed by atoms with Crippen LogP contribution in [0.15, 0.2) is 0 Å². The molecular weight excluding hydrogens is 232 g/mol. The molecule has 0 spiro atoms. The summed E-state index contributed by atoms with van der Waals surface area (Å²) < 4.78 is 0. The van der Waals surface area contributed by atoms with Crippen LogP contribution in [0.5, 0.6) is 0 Å². The Morgan fingerprint density at radius 3 is 2.41 bits per heavy atom. The Morgan fingerprint density at radius 2 is 1.94 bits per heavy atom. The largest absolute Gasteiger partial charge is 0.392 e. The predicted molar refractivity (Wildman–Crippen MR) is 74.7 cm³/mol. The minimum Gasteiger partial charge on any atom is -0.392 e. The Hall–Kier alpha value is -0.640. The van der Waals surface area contributed by atoms with E-state index in [1.165, 1.54) is 12.8 Å². The van der Waals surface area contributed by atoms with Gasteiger partial charge in [-0.25, -0.2) is 0 Å². The minimum absolute atomic E-state index is 0.0450. The van der Waals surface area contributed by atoms with Crippen LogP contribution in [-0.2, 0) is 4.79 Å². The van der Waals surface area contributed by atoms with Crippen LogP contribution in [0.25, 0.3) is 0 Å². The third kappa shape index (κ3) is 3.41. The second kappa shape index (κ2) is 5.34. The van der Waals surface area contributed by atoms with Crippen LogP contribution in [-0.4, -0.2) is 16.9 Å². The summed E-state index contributed by atoms with van der Waals surface area (Å²) >= 11 is 4.94. The summed E-state index contributed by atoms with van der Waals surface area (Å²) in [4.78, 5) is 12.4. The summed E-state index contributed by atoms with van der Waals surface area (Å²) in [5.74, 6) is 1.25. The van der Waals surface area contributed by atoms with E-state index in [0.29, 0.717) is 5.92 Å². The van der Waals surface area contributed by atoms with Gasteiger partial charge in [0.05, 0.1) is 10.4 Å². The van der Waals surface area contributed by atoms with E-state index in [-0.39, 0.29) is 16.9 Å². The van der Waals surface area contributed by atoms with Gasteiger partial charge in [-0.15, -0.1) is 0 Å². The highest BCUT2D eigenvalue weighted by Gasteiger charge is 2.34. The first-order chi connectivity index (χ1) is 7.75. The molecule has 3 N–H and O–H groups in total. The number of rotatable bonds is 3. The van der Waals surface area contributed by atoms with Crippen LogP contribution in [0.4, 0.5) is 0 Å². The van der Waals surface area contributed by atoms with Gasteiger partial charge in [0.1, 0.15) is 0 Å². The first-order valence-electron chi connectivity index (χ1n) is 6.36. The summed E-state index contributed by atoms with van der Waals surface area (Å²) in [6, 6.07) is 0.271. The number of nitrogens with two attached hydrogens (primary N) is 1. The highest BCUT2D eigenvalue weighted by Crippen LogP contribution is 2.29. The van der Waals surface area contributed by atoms with Gasteiger partial charge in [-0.3, -0.25) is 4.79 Å². The molecular formula is C13H24N2OS. The summed E-state index contributed by atoms with van der Waals surface area (Å²) in [6.45, 7) is 8.03. The Balaban J connectivity index is 2.60. The van der Waals surface area contributed by atoms with Crippen LogP contribution in [0.3, 0.4) is 0 Å². The van der Waals surface area contributed by atoms with Gasteiger partial charge < -0.3 is 11.1 Å². The van der Waals surface area contributed by atoms with E-state index in [4.69, 9.17) is 18.0 Å². The van der Waals surface area contributed by atoms with Crippen LogP contribution in [0, 0.1) is 17.3 Å². The molecule has 98 valence electrons. The number of amides is 1. The second-order valence-corrected chi connectivity index (χ2v) is 6.40. The van der Waals surface area contributed by atoms with Crippen molar-refractivity contribution in [1.29, 1.82) is 0 Å². The van der Waals surface area contributed by atoms with E-state index in [0.717, 1.165) is 12.3 Å². The number of hydrogen-bond donors (Lipinski definition) is 2. The molecule has 3 nitrogen and oxygen atoms in total. The zero-order valence-electron chi connectivity index (χ0n) is 11.2. The lowest BCUT2D eigenvalue weighted by molar-refractivity contribution is -0.127. The molecule has 0 bridgehead atoms. The maximum Gasteiger partial charge on any atom is 0.232 e. The van der Waals surface area contributed by atoms with E-state index in [2.05, 4.69) is 19.2 Å². The quantitative estimate of drug-likeness (QED) is 0.761. The van der Waals surface area contributed by atoms with Gasteiger partial charge >= 0.3 is 0 Å². The van der Waals surface area contributed by atoms with Crippen LogP contribution >= 0.6 is 12.2 Å². The molecule has 1 amide bonds. The smallest absolute Gasteiger partial charge is 0.232 e. The number of nitrogens with one attached hydrogen (secondary N) is 1.